The summed E-state index contributed by atoms with van der Waals surface area (Å²) < 4.78 is 38.0. The number of nitrogens with zero attached hydrogens (tertiary/aromatic N) is 1. The van der Waals surface area contributed by atoms with Crippen LogP contribution in [-0.2, 0) is 9.84 Å². The van der Waals surface area contributed by atoms with Crippen LogP contribution in [0.4, 0.5) is 4.39 Å². The van der Waals surface area contributed by atoms with Crippen molar-refractivity contribution in [1.82, 2.24) is 9.88 Å². The van der Waals surface area contributed by atoms with E-state index in [2.05, 4.69) is 4.98 Å². The number of rotatable bonds is 3. The molecule has 3 aromatic rings. The molecule has 5 nitrogen and oxygen atoms in total. The number of fused-ring (bicyclic) bond motifs is 1. The van der Waals surface area contributed by atoms with E-state index in [1.165, 1.54) is 17.0 Å². The van der Waals surface area contributed by atoms with Crippen molar-refractivity contribution in [2.75, 3.05) is 13.1 Å². The number of halogens is 1. The molecule has 1 aliphatic heterocycles. The molecule has 0 spiro atoms. The predicted octanol–water partition coefficient (Wildman–Crippen LogP) is 2.61. The van der Waals surface area contributed by atoms with Crippen molar-refractivity contribution in [2.24, 2.45) is 0 Å². The second-order valence-corrected chi connectivity index (χ2v) is 8.34. The molecule has 0 radical (unpaired) electrons. The van der Waals surface area contributed by atoms with Gasteiger partial charge in [-0.25, -0.2) is 12.8 Å². The first-order chi connectivity index (χ1) is 11.9. The highest BCUT2D eigenvalue weighted by Crippen LogP contribution is 2.26. The fourth-order valence-corrected chi connectivity index (χ4v) is 4.64. The zero-order chi connectivity index (χ0) is 17.6. The number of aromatic amines is 1. The third kappa shape index (κ3) is 2.70. The number of hydrogen-bond donors (Lipinski definition) is 1. The highest BCUT2D eigenvalue weighted by Gasteiger charge is 2.40. The molecular formula is C18H15FN2O3S. The lowest BCUT2D eigenvalue weighted by Gasteiger charge is -2.38. The van der Waals surface area contributed by atoms with Crippen LogP contribution < -0.4 is 0 Å². The Kier molecular flexibility index (Phi) is 3.61. The molecule has 25 heavy (non-hydrogen) atoms. The fraction of sp³-hybridized carbons (Fsp3) is 0.167. The molecule has 128 valence electrons. The third-order valence-corrected chi connectivity index (χ3v) is 6.62. The molecule has 2 heterocycles. The summed E-state index contributed by atoms with van der Waals surface area (Å²) in [5.41, 5.74) is 1.47. The van der Waals surface area contributed by atoms with Crippen LogP contribution in [0.25, 0.3) is 10.9 Å². The molecule has 1 aromatic heterocycles. The zero-order valence-corrected chi connectivity index (χ0v) is 14.0. The minimum Gasteiger partial charge on any atom is -0.361 e. The van der Waals surface area contributed by atoms with Gasteiger partial charge in [0.05, 0.1) is 4.90 Å². The van der Waals surface area contributed by atoms with Gasteiger partial charge in [0.15, 0.2) is 9.84 Å². The van der Waals surface area contributed by atoms with Crippen molar-refractivity contribution in [3.8, 4) is 0 Å². The van der Waals surface area contributed by atoms with Gasteiger partial charge in [-0.15, -0.1) is 0 Å². The summed E-state index contributed by atoms with van der Waals surface area (Å²) in [4.78, 5) is 17.2. The Hall–Kier alpha value is -2.67. The van der Waals surface area contributed by atoms with Gasteiger partial charge in [-0.3, -0.25) is 4.79 Å². The molecule has 0 unspecified atom stereocenters. The lowest BCUT2D eigenvalue weighted by Crippen LogP contribution is -2.56. The average molecular weight is 358 g/mol. The Labute approximate surface area is 144 Å². The van der Waals surface area contributed by atoms with Gasteiger partial charge in [0.1, 0.15) is 11.1 Å². The standard InChI is InChI=1S/C18H15FN2O3S/c19-14-2-4-15(5-3-14)25(23,24)16-10-21(11-16)18(22)13-1-6-17-12(9-13)7-8-20-17/h1-9,16,20H,10-11H2. The van der Waals surface area contributed by atoms with Crippen LogP contribution in [0.2, 0.25) is 0 Å². The molecule has 1 fully saturated rings. The van der Waals surface area contributed by atoms with Gasteiger partial charge < -0.3 is 9.88 Å². The summed E-state index contributed by atoms with van der Waals surface area (Å²) in [7, 11) is -3.56. The van der Waals surface area contributed by atoms with E-state index < -0.39 is 20.9 Å². The average Bonchev–Trinajstić information content (AvgIpc) is 3.01. The maximum atomic E-state index is 13.0. The number of likely N-dealkylation sites (tertiary alicyclic amines) is 1. The SMILES string of the molecule is O=C(c1ccc2[nH]ccc2c1)N1CC(S(=O)(=O)c2ccc(F)cc2)C1. The highest BCUT2D eigenvalue weighted by molar-refractivity contribution is 7.92. The van der Waals surface area contributed by atoms with E-state index in [1.54, 1.807) is 18.3 Å². The number of aromatic nitrogens is 1. The van der Waals surface area contributed by atoms with Crippen LogP contribution >= 0.6 is 0 Å². The predicted molar refractivity (Wildman–Crippen MR) is 91.6 cm³/mol. The summed E-state index contributed by atoms with van der Waals surface area (Å²) in [5.74, 6) is -0.668. The van der Waals surface area contributed by atoms with Crippen molar-refractivity contribution in [2.45, 2.75) is 10.1 Å². The van der Waals surface area contributed by atoms with Gasteiger partial charge in [0, 0.05) is 35.8 Å². The Morgan fingerprint density at radius 3 is 2.52 bits per heavy atom. The monoisotopic (exact) mass is 358 g/mol. The minimum atomic E-state index is -3.56. The van der Waals surface area contributed by atoms with Gasteiger partial charge in [0.25, 0.3) is 5.91 Å². The van der Waals surface area contributed by atoms with Gasteiger partial charge in [-0.2, -0.15) is 0 Å². The summed E-state index contributed by atoms with van der Waals surface area (Å²) in [5, 5.41) is 0.278. The normalized spacial score (nSPS) is 15.3. The topological polar surface area (TPSA) is 70.2 Å². The Balaban J connectivity index is 1.49. The van der Waals surface area contributed by atoms with Crippen LogP contribution in [-0.4, -0.2) is 42.5 Å². The lowest BCUT2D eigenvalue weighted by atomic mass is 10.1. The van der Waals surface area contributed by atoms with Gasteiger partial charge in [-0.1, -0.05) is 0 Å². The second-order valence-electron chi connectivity index (χ2n) is 6.11. The largest absolute Gasteiger partial charge is 0.361 e. The van der Waals surface area contributed by atoms with E-state index in [9.17, 15) is 17.6 Å². The number of carbonyl (C=O) groups is 1. The molecule has 7 heteroatoms. The Morgan fingerprint density at radius 1 is 1.08 bits per heavy atom. The van der Waals surface area contributed by atoms with Crippen LogP contribution in [0, 0.1) is 5.82 Å². The molecule has 1 aliphatic rings. The molecule has 1 saturated heterocycles. The van der Waals surface area contributed by atoms with E-state index in [4.69, 9.17) is 0 Å². The molecule has 1 N–H and O–H groups in total. The molecule has 4 rings (SSSR count). The Bertz CT molecular complexity index is 1050. The van der Waals surface area contributed by atoms with E-state index >= 15 is 0 Å². The third-order valence-electron chi connectivity index (χ3n) is 4.52. The summed E-state index contributed by atoms with van der Waals surface area (Å²) >= 11 is 0. The number of benzene rings is 2. The van der Waals surface area contributed by atoms with Crippen molar-refractivity contribution < 1.29 is 17.6 Å². The molecule has 0 saturated carbocycles. The Morgan fingerprint density at radius 2 is 1.80 bits per heavy atom. The number of amides is 1. The summed E-state index contributed by atoms with van der Waals surface area (Å²) in [6.45, 7) is 0.285. The number of nitrogens with one attached hydrogen (secondary N) is 1. The zero-order valence-electron chi connectivity index (χ0n) is 13.1. The van der Waals surface area contributed by atoms with Gasteiger partial charge in [-0.05, 0) is 48.5 Å². The van der Waals surface area contributed by atoms with Crippen LogP contribution in [0.1, 0.15) is 10.4 Å². The fourth-order valence-electron chi connectivity index (χ4n) is 2.99. The van der Waals surface area contributed by atoms with E-state index in [0.29, 0.717) is 5.56 Å². The minimum absolute atomic E-state index is 0.0831. The smallest absolute Gasteiger partial charge is 0.253 e. The van der Waals surface area contributed by atoms with Crippen molar-refractivity contribution in [3.63, 3.8) is 0 Å². The van der Waals surface area contributed by atoms with Crippen LogP contribution in [0.15, 0.2) is 59.6 Å². The number of sulfone groups is 1. The first kappa shape index (κ1) is 15.8. The van der Waals surface area contributed by atoms with Crippen molar-refractivity contribution in [3.05, 3.63) is 66.1 Å². The molecule has 1 amide bonds. The first-order valence-corrected chi connectivity index (χ1v) is 9.36. The van der Waals surface area contributed by atoms with E-state index in [-0.39, 0.29) is 23.9 Å². The van der Waals surface area contributed by atoms with E-state index in [1.807, 2.05) is 12.1 Å². The van der Waals surface area contributed by atoms with Crippen molar-refractivity contribution in [1.29, 1.82) is 0 Å². The van der Waals surface area contributed by atoms with Gasteiger partial charge >= 0.3 is 0 Å². The summed E-state index contributed by atoms with van der Waals surface area (Å²) in [6, 6.07) is 12.0. The number of carbonyl (C=O) groups excluding carboxylic acids is 1. The summed E-state index contributed by atoms with van der Waals surface area (Å²) in [6.07, 6.45) is 1.80. The van der Waals surface area contributed by atoms with Gasteiger partial charge in [0.2, 0.25) is 0 Å². The molecular weight excluding hydrogens is 343 g/mol. The molecule has 0 atom stereocenters. The molecule has 0 bridgehead atoms. The highest BCUT2D eigenvalue weighted by atomic mass is 32.2. The van der Waals surface area contributed by atoms with Crippen molar-refractivity contribution >= 4 is 26.6 Å². The molecule has 0 aliphatic carbocycles. The molecule has 2 aromatic carbocycles. The van der Waals surface area contributed by atoms with E-state index in [0.717, 1.165) is 23.0 Å². The quantitative estimate of drug-likeness (QED) is 0.732. The number of hydrogen-bond acceptors (Lipinski definition) is 3. The lowest BCUT2D eigenvalue weighted by molar-refractivity contribution is 0.0659. The van der Waals surface area contributed by atoms with Crippen LogP contribution in [0.5, 0.6) is 0 Å². The number of H-pyrrole nitrogens is 1. The van der Waals surface area contributed by atoms with Crippen LogP contribution in [0.3, 0.4) is 0 Å². The second kappa shape index (κ2) is 5.70. The first-order valence-electron chi connectivity index (χ1n) is 7.81. The maximum absolute atomic E-state index is 13.0. The maximum Gasteiger partial charge on any atom is 0.253 e.